The number of nitrogens with zero attached hydrogens (tertiary/aromatic N) is 1. The van der Waals surface area contributed by atoms with E-state index in [0.717, 1.165) is 41.4 Å². The second kappa shape index (κ2) is 10.5. The number of benzene rings is 7. The number of hydrogen-bond acceptors (Lipinski definition) is 3. The molecule has 0 saturated heterocycles. The smallest absolute Gasteiger partial charge is 0.119 e. The Morgan fingerprint density at radius 1 is 0.463 bits per heavy atom. The summed E-state index contributed by atoms with van der Waals surface area (Å²) >= 11 is 0. The minimum atomic E-state index is 0.838. The molecule has 41 heavy (non-hydrogen) atoms. The molecule has 0 heterocycles. The summed E-state index contributed by atoms with van der Waals surface area (Å²) in [6.07, 6.45) is 1.98. The first-order valence-corrected chi connectivity index (χ1v) is 14.0. The van der Waals surface area contributed by atoms with Crippen LogP contribution in [0.15, 0.2) is 127 Å². The second-order valence-electron chi connectivity index (χ2n) is 10.5. The summed E-state index contributed by atoms with van der Waals surface area (Å²) in [4.78, 5) is 2.25. The fourth-order valence-electron chi connectivity index (χ4n) is 6.01. The molecule has 7 aromatic carbocycles. The first-order chi connectivity index (χ1) is 20.2. The van der Waals surface area contributed by atoms with E-state index in [1.165, 1.54) is 43.4 Å². The van der Waals surface area contributed by atoms with E-state index >= 15 is 0 Å². The highest BCUT2D eigenvalue weighted by Crippen LogP contribution is 2.38. The summed E-state index contributed by atoms with van der Waals surface area (Å²) in [7, 11) is 3.38. The van der Waals surface area contributed by atoms with Crippen LogP contribution in [-0.2, 0) is 12.8 Å². The van der Waals surface area contributed by atoms with E-state index in [4.69, 9.17) is 9.47 Å². The van der Waals surface area contributed by atoms with Crippen LogP contribution in [0.5, 0.6) is 11.5 Å². The van der Waals surface area contributed by atoms with Crippen LogP contribution in [-0.4, -0.2) is 14.2 Å². The third-order valence-electron chi connectivity index (χ3n) is 8.16. The highest BCUT2D eigenvalue weighted by molar-refractivity contribution is 6.23. The van der Waals surface area contributed by atoms with Gasteiger partial charge in [0, 0.05) is 17.1 Å². The fourth-order valence-corrected chi connectivity index (χ4v) is 6.01. The van der Waals surface area contributed by atoms with Crippen LogP contribution in [0.25, 0.3) is 32.3 Å². The zero-order valence-electron chi connectivity index (χ0n) is 23.3. The SMILES string of the molecule is COc1ccc(N(c2ccc(CCc3ccc4ccc5cccc6ccc3c4c56)cc2)c2ccc(OC)cc2)cc1. The van der Waals surface area contributed by atoms with Crippen LogP contribution in [0.2, 0.25) is 0 Å². The van der Waals surface area contributed by atoms with Crippen molar-refractivity contribution in [3.8, 4) is 11.5 Å². The molecule has 0 unspecified atom stereocenters. The monoisotopic (exact) mass is 533 g/mol. The largest absolute Gasteiger partial charge is 0.497 e. The van der Waals surface area contributed by atoms with E-state index in [2.05, 4.69) is 108 Å². The van der Waals surface area contributed by atoms with Gasteiger partial charge in [0.1, 0.15) is 11.5 Å². The van der Waals surface area contributed by atoms with Crippen molar-refractivity contribution in [2.24, 2.45) is 0 Å². The first-order valence-electron chi connectivity index (χ1n) is 14.0. The standard InChI is InChI=1S/C38H31NO2/c1-40-34-21-17-32(18-22-34)39(33-19-23-35(41-2)24-20-33)31-15-7-26(8-16-31)6-9-27-10-11-30-13-12-28-4-3-5-29-14-25-36(27)38(30)37(28)29/h3-5,7-8,10-25H,6,9H2,1-2H3. The van der Waals surface area contributed by atoms with Crippen molar-refractivity contribution in [3.63, 3.8) is 0 Å². The van der Waals surface area contributed by atoms with Crippen molar-refractivity contribution in [2.75, 3.05) is 19.1 Å². The molecular formula is C38H31NO2. The summed E-state index contributed by atoms with van der Waals surface area (Å²) in [6, 6.07) is 45.5. The van der Waals surface area contributed by atoms with Gasteiger partial charge in [-0.3, -0.25) is 0 Å². The van der Waals surface area contributed by atoms with E-state index < -0.39 is 0 Å². The molecule has 0 bridgehead atoms. The molecule has 0 N–H and O–H groups in total. The Labute approximate surface area is 240 Å². The Kier molecular flexibility index (Phi) is 6.41. The maximum Gasteiger partial charge on any atom is 0.119 e. The van der Waals surface area contributed by atoms with Gasteiger partial charge >= 0.3 is 0 Å². The number of rotatable bonds is 8. The molecule has 0 aliphatic carbocycles. The maximum absolute atomic E-state index is 5.39. The quantitative estimate of drug-likeness (QED) is 0.181. The molecule has 0 aliphatic rings. The van der Waals surface area contributed by atoms with E-state index in [1.54, 1.807) is 14.2 Å². The van der Waals surface area contributed by atoms with Crippen LogP contribution in [0.3, 0.4) is 0 Å². The predicted molar refractivity (Wildman–Crippen MR) is 172 cm³/mol. The summed E-state index contributed by atoms with van der Waals surface area (Å²) in [6.45, 7) is 0. The van der Waals surface area contributed by atoms with Crippen molar-refractivity contribution < 1.29 is 9.47 Å². The lowest BCUT2D eigenvalue weighted by Gasteiger charge is -2.26. The Bertz CT molecular complexity index is 1880. The van der Waals surface area contributed by atoms with Crippen molar-refractivity contribution in [1.82, 2.24) is 0 Å². The molecular weight excluding hydrogens is 502 g/mol. The van der Waals surface area contributed by atoms with Crippen LogP contribution in [0.1, 0.15) is 11.1 Å². The van der Waals surface area contributed by atoms with Gasteiger partial charge in [-0.15, -0.1) is 0 Å². The molecule has 7 aromatic rings. The molecule has 0 saturated carbocycles. The zero-order valence-corrected chi connectivity index (χ0v) is 23.3. The maximum atomic E-state index is 5.39. The van der Waals surface area contributed by atoms with Gasteiger partial charge in [-0.2, -0.15) is 0 Å². The Morgan fingerprint density at radius 3 is 1.51 bits per heavy atom. The second-order valence-corrected chi connectivity index (χ2v) is 10.5. The lowest BCUT2D eigenvalue weighted by atomic mass is 9.90. The molecule has 7 rings (SSSR count). The van der Waals surface area contributed by atoms with Crippen molar-refractivity contribution in [3.05, 3.63) is 139 Å². The molecule has 3 heteroatoms. The summed E-state index contributed by atoms with van der Waals surface area (Å²) in [5.74, 6) is 1.68. The number of hydrogen-bond donors (Lipinski definition) is 0. The molecule has 0 amide bonds. The van der Waals surface area contributed by atoms with Crippen LogP contribution < -0.4 is 14.4 Å². The number of aryl methyl sites for hydroxylation is 2. The van der Waals surface area contributed by atoms with Gasteiger partial charge in [-0.1, -0.05) is 66.7 Å². The lowest BCUT2D eigenvalue weighted by molar-refractivity contribution is 0.415. The molecule has 0 aromatic heterocycles. The molecule has 0 radical (unpaired) electrons. The zero-order chi connectivity index (χ0) is 27.8. The fraction of sp³-hybridized carbons (Fsp3) is 0.105. The third kappa shape index (κ3) is 4.60. The number of methoxy groups -OCH3 is 2. The van der Waals surface area contributed by atoms with Gasteiger partial charge in [0.15, 0.2) is 0 Å². The Balaban J connectivity index is 1.18. The normalized spacial score (nSPS) is 11.4. The van der Waals surface area contributed by atoms with Crippen molar-refractivity contribution in [1.29, 1.82) is 0 Å². The van der Waals surface area contributed by atoms with Gasteiger partial charge in [-0.05, 0) is 117 Å². The average Bonchev–Trinajstić information content (AvgIpc) is 3.04. The van der Waals surface area contributed by atoms with Gasteiger partial charge in [-0.25, -0.2) is 0 Å². The van der Waals surface area contributed by atoms with Gasteiger partial charge in [0.25, 0.3) is 0 Å². The van der Waals surface area contributed by atoms with E-state index in [-0.39, 0.29) is 0 Å². The Morgan fingerprint density at radius 2 is 0.951 bits per heavy atom. The summed E-state index contributed by atoms with van der Waals surface area (Å²) in [5.41, 5.74) is 5.96. The van der Waals surface area contributed by atoms with E-state index in [0.29, 0.717) is 0 Å². The Hall–Kier alpha value is -5.02. The van der Waals surface area contributed by atoms with E-state index in [1.807, 2.05) is 24.3 Å². The highest BCUT2D eigenvalue weighted by Gasteiger charge is 2.14. The summed E-state index contributed by atoms with van der Waals surface area (Å²) in [5, 5.41) is 8.08. The minimum absolute atomic E-state index is 0.838. The average molecular weight is 534 g/mol. The molecule has 0 aliphatic heterocycles. The third-order valence-corrected chi connectivity index (χ3v) is 8.16. The summed E-state index contributed by atoms with van der Waals surface area (Å²) < 4.78 is 10.8. The van der Waals surface area contributed by atoms with Crippen LogP contribution in [0.4, 0.5) is 17.1 Å². The first kappa shape index (κ1) is 25.0. The molecule has 3 nitrogen and oxygen atoms in total. The van der Waals surface area contributed by atoms with Crippen LogP contribution >= 0.6 is 0 Å². The highest BCUT2D eigenvalue weighted by atomic mass is 16.5. The topological polar surface area (TPSA) is 21.7 Å². The van der Waals surface area contributed by atoms with Gasteiger partial charge in [0.05, 0.1) is 14.2 Å². The van der Waals surface area contributed by atoms with Crippen molar-refractivity contribution >= 4 is 49.4 Å². The van der Waals surface area contributed by atoms with Gasteiger partial charge < -0.3 is 14.4 Å². The van der Waals surface area contributed by atoms with Crippen LogP contribution in [0, 0.1) is 0 Å². The minimum Gasteiger partial charge on any atom is -0.497 e. The van der Waals surface area contributed by atoms with E-state index in [9.17, 15) is 0 Å². The van der Waals surface area contributed by atoms with Crippen molar-refractivity contribution in [2.45, 2.75) is 12.8 Å². The molecule has 0 atom stereocenters. The molecule has 0 spiro atoms. The number of anilines is 3. The molecule has 200 valence electrons. The number of ether oxygens (including phenoxy) is 2. The van der Waals surface area contributed by atoms with Gasteiger partial charge in [0.2, 0.25) is 0 Å². The predicted octanol–water partition coefficient (Wildman–Crippen LogP) is 9.86. The molecule has 0 fully saturated rings. The lowest BCUT2D eigenvalue weighted by Crippen LogP contribution is -2.10.